The molecule has 0 aromatic heterocycles. The van der Waals surface area contributed by atoms with Crippen molar-refractivity contribution >= 4 is 11.4 Å². The molecule has 0 saturated heterocycles. The molecule has 3 nitrogen and oxygen atoms in total. The lowest BCUT2D eigenvalue weighted by Crippen LogP contribution is -2.30. The molecule has 2 rings (SSSR count). The minimum Gasteiger partial charge on any atom is -0.397 e. The quantitative estimate of drug-likeness (QED) is 0.634. The van der Waals surface area contributed by atoms with Crippen molar-refractivity contribution in [2.75, 3.05) is 17.3 Å². The molecular formula is C10H13N3. The van der Waals surface area contributed by atoms with Gasteiger partial charge in [-0.05, 0) is 30.7 Å². The first kappa shape index (κ1) is 7.98. The molecule has 0 bridgehead atoms. The molecule has 1 aromatic carbocycles. The van der Waals surface area contributed by atoms with Gasteiger partial charge in [0.05, 0.1) is 17.9 Å². The number of hydrogen-bond acceptors (Lipinski definition) is 3. The van der Waals surface area contributed by atoms with Crippen LogP contribution in [0.5, 0.6) is 0 Å². The van der Waals surface area contributed by atoms with Gasteiger partial charge < -0.3 is 11.2 Å². The lowest BCUT2D eigenvalue weighted by atomic mass is 10.2. The van der Waals surface area contributed by atoms with Crippen molar-refractivity contribution in [3.63, 3.8) is 0 Å². The van der Waals surface area contributed by atoms with Crippen LogP contribution in [0.3, 0.4) is 0 Å². The van der Waals surface area contributed by atoms with E-state index >= 15 is 0 Å². The van der Waals surface area contributed by atoms with Crippen molar-refractivity contribution < 1.29 is 0 Å². The number of nitrogens with two attached hydrogens (primary N) is 1. The molecule has 0 fully saturated rings. The van der Waals surface area contributed by atoms with Crippen molar-refractivity contribution in [2.45, 2.75) is 6.92 Å². The summed E-state index contributed by atoms with van der Waals surface area (Å²) in [5, 5.41) is 2.01. The van der Waals surface area contributed by atoms with Gasteiger partial charge in [-0.1, -0.05) is 6.07 Å². The number of hydrazine groups is 1. The Labute approximate surface area is 77.8 Å². The average Bonchev–Trinajstić information content (AvgIpc) is 2.56. The minimum absolute atomic E-state index is 0.816. The van der Waals surface area contributed by atoms with E-state index < -0.39 is 0 Å². The summed E-state index contributed by atoms with van der Waals surface area (Å²) in [5.74, 6) is 0. The Kier molecular flexibility index (Phi) is 1.85. The van der Waals surface area contributed by atoms with E-state index in [4.69, 9.17) is 5.73 Å². The fourth-order valence-corrected chi connectivity index (χ4v) is 1.44. The zero-order chi connectivity index (χ0) is 9.26. The third-order valence-electron chi connectivity index (χ3n) is 2.11. The van der Waals surface area contributed by atoms with Crippen LogP contribution in [-0.2, 0) is 0 Å². The third kappa shape index (κ3) is 1.45. The van der Waals surface area contributed by atoms with E-state index in [-0.39, 0.29) is 0 Å². The van der Waals surface area contributed by atoms with Crippen LogP contribution in [0.1, 0.15) is 5.56 Å². The molecule has 0 saturated carbocycles. The maximum Gasteiger partial charge on any atom is 0.0804 e. The maximum atomic E-state index is 5.89. The summed E-state index contributed by atoms with van der Waals surface area (Å²) in [6, 6.07) is 6.08. The molecule has 13 heavy (non-hydrogen) atoms. The Bertz CT molecular complexity index is 336. The highest BCUT2D eigenvalue weighted by Gasteiger charge is 2.09. The molecular weight excluding hydrogens is 162 g/mol. The van der Waals surface area contributed by atoms with E-state index in [9.17, 15) is 0 Å². The summed E-state index contributed by atoms with van der Waals surface area (Å²) < 4.78 is 0. The molecule has 68 valence electrons. The molecule has 1 aliphatic heterocycles. The highest BCUT2D eigenvalue weighted by atomic mass is 15.5. The van der Waals surface area contributed by atoms with Gasteiger partial charge in [0.2, 0.25) is 0 Å². The van der Waals surface area contributed by atoms with Crippen LogP contribution >= 0.6 is 0 Å². The number of nitrogens with one attached hydrogen (secondary N) is 1. The van der Waals surface area contributed by atoms with Crippen molar-refractivity contribution in [3.8, 4) is 0 Å². The lowest BCUT2D eigenvalue weighted by Gasteiger charge is -2.20. The number of anilines is 2. The first-order chi connectivity index (χ1) is 6.27. The first-order valence-corrected chi connectivity index (χ1v) is 4.32. The summed E-state index contributed by atoms with van der Waals surface area (Å²) in [4.78, 5) is 0. The Balaban J connectivity index is 2.30. The second-order valence-electron chi connectivity index (χ2n) is 3.20. The summed E-state index contributed by atoms with van der Waals surface area (Å²) in [5.41, 5.74) is 12.0. The van der Waals surface area contributed by atoms with E-state index in [1.54, 1.807) is 0 Å². The third-order valence-corrected chi connectivity index (χ3v) is 2.11. The molecule has 1 heterocycles. The summed E-state index contributed by atoms with van der Waals surface area (Å²) in [6.07, 6.45) is 3.97. The molecule has 0 unspecified atom stereocenters. The lowest BCUT2D eigenvalue weighted by molar-refractivity contribution is 0.842. The zero-order valence-electron chi connectivity index (χ0n) is 7.62. The van der Waals surface area contributed by atoms with Crippen LogP contribution in [0.2, 0.25) is 0 Å². The summed E-state index contributed by atoms with van der Waals surface area (Å²) in [7, 11) is 0. The molecule has 0 amide bonds. The van der Waals surface area contributed by atoms with Gasteiger partial charge in [-0.25, -0.2) is 0 Å². The summed E-state index contributed by atoms with van der Waals surface area (Å²) in [6.45, 7) is 2.91. The topological polar surface area (TPSA) is 41.3 Å². The van der Waals surface area contributed by atoms with Gasteiger partial charge in [0.15, 0.2) is 0 Å². The second-order valence-corrected chi connectivity index (χ2v) is 3.20. The van der Waals surface area contributed by atoms with E-state index in [1.165, 1.54) is 5.56 Å². The van der Waals surface area contributed by atoms with Crippen LogP contribution in [0.15, 0.2) is 30.5 Å². The van der Waals surface area contributed by atoms with E-state index in [0.29, 0.717) is 0 Å². The predicted octanol–water partition coefficient (Wildman–Crippen LogP) is 1.42. The summed E-state index contributed by atoms with van der Waals surface area (Å²) >= 11 is 0. The molecule has 1 aromatic rings. The Morgan fingerprint density at radius 1 is 1.46 bits per heavy atom. The monoisotopic (exact) mass is 175 g/mol. The SMILES string of the molecule is Cc1ccc(N2CC=CN2)c(N)c1. The van der Waals surface area contributed by atoms with Crippen LogP contribution in [0, 0.1) is 6.92 Å². The predicted molar refractivity (Wildman–Crippen MR) is 55.2 cm³/mol. The molecule has 3 heteroatoms. The van der Waals surface area contributed by atoms with Crippen LogP contribution in [-0.4, -0.2) is 6.54 Å². The first-order valence-electron chi connectivity index (χ1n) is 4.32. The highest BCUT2D eigenvalue weighted by Crippen LogP contribution is 2.23. The van der Waals surface area contributed by atoms with Gasteiger partial charge in [-0.2, -0.15) is 0 Å². The average molecular weight is 175 g/mol. The number of nitrogen functional groups attached to an aromatic ring is 1. The maximum absolute atomic E-state index is 5.89. The number of benzene rings is 1. The van der Waals surface area contributed by atoms with Gasteiger partial charge in [0.25, 0.3) is 0 Å². The Morgan fingerprint density at radius 3 is 2.92 bits per heavy atom. The van der Waals surface area contributed by atoms with Crippen molar-refractivity contribution in [1.82, 2.24) is 5.43 Å². The van der Waals surface area contributed by atoms with Crippen LogP contribution in [0.25, 0.3) is 0 Å². The standard InChI is InChI=1S/C10H13N3/c1-8-3-4-10(9(11)7-8)13-6-2-5-12-13/h2-5,7,12H,6,11H2,1H3. The largest absolute Gasteiger partial charge is 0.397 e. The van der Waals surface area contributed by atoms with Crippen molar-refractivity contribution in [3.05, 3.63) is 36.0 Å². The van der Waals surface area contributed by atoms with Crippen molar-refractivity contribution in [1.29, 1.82) is 0 Å². The van der Waals surface area contributed by atoms with Gasteiger partial charge >= 0.3 is 0 Å². The van der Waals surface area contributed by atoms with Gasteiger partial charge in [0.1, 0.15) is 0 Å². The van der Waals surface area contributed by atoms with E-state index in [0.717, 1.165) is 17.9 Å². The molecule has 1 aliphatic rings. The smallest absolute Gasteiger partial charge is 0.0804 e. The molecule has 0 aliphatic carbocycles. The minimum atomic E-state index is 0.816. The Hall–Kier alpha value is -1.64. The van der Waals surface area contributed by atoms with Gasteiger partial charge in [-0.15, -0.1) is 0 Å². The molecule has 0 spiro atoms. The normalized spacial score (nSPS) is 14.7. The second kappa shape index (κ2) is 3.01. The van der Waals surface area contributed by atoms with Gasteiger partial charge in [0, 0.05) is 6.20 Å². The van der Waals surface area contributed by atoms with E-state index in [1.807, 2.05) is 30.3 Å². The van der Waals surface area contributed by atoms with E-state index in [2.05, 4.69) is 17.6 Å². The number of hydrogen-bond donors (Lipinski definition) is 2. The Morgan fingerprint density at radius 2 is 2.31 bits per heavy atom. The van der Waals surface area contributed by atoms with Crippen LogP contribution < -0.4 is 16.2 Å². The fourth-order valence-electron chi connectivity index (χ4n) is 1.44. The molecule has 0 radical (unpaired) electrons. The number of aryl methyl sites for hydroxylation is 1. The van der Waals surface area contributed by atoms with Crippen molar-refractivity contribution in [2.24, 2.45) is 0 Å². The van der Waals surface area contributed by atoms with Gasteiger partial charge in [-0.3, -0.25) is 5.01 Å². The number of nitrogens with zero attached hydrogens (tertiary/aromatic N) is 1. The number of rotatable bonds is 1. The van der Waals surface area contributed by atoms with Crippen LogP contribution in [0.4, 0.5) is 11.4 Å². The molecule has 0 atom stereocenters. The fraction of sp³-hybridized carbons (Fsp3) is 0.200. The molecule has 3 N–H and O–H groups in total. The highest BCUT2D eigenvalue weighted by molar-refractivity contribution is 5.68. The zero-order valence-corrected chi connectivity index (χ0v) is 7.62.